The Morgan fingerprint density at radius 2 is 1.57 bits per heavy atom. The first-order chi connectivity index (χ1) is 21.4. The van der Waals surface area contributed by atoms with E-state index >= 15 is 4.39 Å². The van der Waals surface area contributed by atoms with Gasteiger partial charge in [-0.05, 0) is 78.6 Å². The van der Waals surface area contributed by atoms with Crippen LogP contribution in [0.2, 0.25) is 43.8 Å². The highest BCUT2D eigenvalue weighted by atomic mass is 32.2. The minimum absolute atomic E-state index is 0.00581. The number of halogens is 1. The Hall–Kier alpha value is -2.97. The van der Waals surface area contributed by atoms with Gasteiger partial charge in [-0.2, -0.15) is 5.10 Å². The summed E-state index contributed by atoms with van der Waals surface area (Å²) in [7, 11) is -6.86. The zero-order valence-corrected chi connectivity index (χ0v) is 31.5. The average Bonchev–Trinajstić information content (AvgIpc) is 3.39. The molecule has 2 aromatic heterocycles. The van der Waals surface area contributed by atoms with Gasteiger partial charge in [0.25, 0.3) is 0 Å². The molecule has 248 valence electrons. The van der Waals surface area contributed by atoms with Crippen LogP contribution in [0.1, 0.15) is 26.5 Å². The van der Waals surface area contributed by atoms with Crippen molar-refractivity contribution in [1.29, 1.82) is 0 Å². The van der Waals surface area contributed by atoms with Gasteiger partial charge >= 0.3 is 0 Å². The summed E-state index contributed by atoms with van der Waals surface area (Å²) >= 11 is 0. The molecule has 7 nitrogen and oxygen atoms in total. The Kier molecular flexibility index (Phi) is 10.9. The summed E-state index contributed by atoms with van der Waals surface area (Å²) in [6.45, 7) is 20.6. The van der Waals surface area contributed by atoms with Crippen molar-refractivity contribution in [2.45, 2.75) is 83.1 Å². The van der Waals surface area contributed by atoms with Crippen molar-refractivity contribution in [3.05, 3.63) is 78.4 Å². The molecule has 0 amide bonds. The summed E-state index contributed by atoms with van der Waals surface area (Å²) in [6.07, 6.45) is 1.91. The van der Waals surface area contributed by atoms with Crippen molar-refractivity contribution < 1.29 is 22.0 Å². The molecule has 4 rings (SSSR count). The molecule has 0 aliphatic heterocycles. The molecule has 0 spiro atoms. The molecule has 11 heteroatoms. The molecule has 0 N–H and O–H groups in total. The average molecular weight is 682 g/mol. The fourth-order valence-electron chi connectivity index (χ4n) is 4.60. The first-order valence-corrected chi connectivity index (χ1v) is 24.0. The molecule has 0 aliphatic carbocycles. The van der Waals surface area contributed by atoms with Crippen LogP contribution in [0.3, 0.4) is 0 Å². The third-order valence-electron chi connectivity index (χ3n) is 8.54. The Balaban J connectivity index is 1.60. The zero-order chi connectivity index (χ0) is 33.9. The Morgan fingerprint density at radius 1 is 0.891 bits per heavy atom. The zero-order valence-electron chi connectivity index (χ0n) is 28.6. The summed E-state index contributed by atoms with van der Waals surface area (Å²) in [5.74, 6) is -0.510. The van der Waals surface area contributed by atoms with Gasteiger partial charge in [-0.1, -0.05) is 64.7 Å². The molecular weight excluding hydrogens is 634 g/mol. The molecule has 0 unspecified atom stereocenters. The molecule has 0 aliphatic rings. The summed E-state index contributed by atoms with van der Waals surface area (Å²) in [6, 6.07) is 18.2. The van der Waals surface area contributed by atoms with Gasteiger partial charge in [-0.3, -0.25) is 4.98 Å². The first-order valence-electron chi connectivity index (χ1n) is 15.7. The number of aromatic nitrogens is 3. The molecule has 0 radical (unpaired) electrons. The van der Waals surface area contributed by atoms with E-state index in [1.807, 2.05) is 31.3 Å². The molecule has 46 heavy (non-hydrogen) atoms. The third-order valence-corrected chi connectivity index (χ3v) is 16.5. The maximum absolute atomic E-state index is 15.3. The van der Waals surface area contributed by atoms with E-state index in [4.69, 9.17) is 19.2 Å². The van der Waals surface area contributed by atoms with Crippen LogP contribution in [0.4, 0.5) is 4.39 Å². The maximum Gasteiger partial charge on any atom is 0.192 e. The van der Waals surface area contributed by atoms with Crippen molar-refractivity contribution in [1.82, 2.24) is 14.8 Å². The monoisotopic (exact) mass is 681 g/mol. The van der Waals surface area contributed by atoms with E-state index in [9.17, 15) is 8.42 Å². The molecular formula is C35H48FN3O4SSi2. The van der Waals surface area contributed by atoms with E-state index < -0.39 is 32.0 Å². The number of hydrogen-bond donors (Lipinski definition) is 0. The van der Waals surface area contributed by atoms with Gasteiger partial charge < -0.3 is 9.16 Å². The Labute approximate surface area is 276 Å². The molecule has 0 atom stereocenters. The summed E-state index contributed by atoms with van der Waals surface area (Å²) in [5.41, 5.74) is 4.77. The first kappa shape index (κ1) is 35.9. The van der Waals surface area contributed by atoms with Crippen molar-refractivity contribution in [2.75, 3.05) is 19.0 Å². The second-order valence-corrected chi connectivity index (χ2v) is 27.1. The van der Waals surface area contributed by atoms with Gasteiger partial charge in [-0.25, -0.2) is 17.5 Å². The van der Waals surface area contributed by atoms with E-state index in [0.717, 1.165) is 22.9 Å². The summed E-state index contributed by atoms with van der Waals surface area (Å²) in [5, 5.41) is 4.81. The van der Waals surface area contributed by atoms with Gasteiger partial charge in [0.1, 0.15) is 18.2 Å². The van der Waals surface area contributed by atoms with Gasteiger partial charge in [0.15, 0.2) is 18.2 Å². The highest BCUT2D eigenvalue weighted by molar-refractivity contribution is 7.91. The van der Waals surface area contributed by atoms with Crippen LogP contribution in [0.5, 0.6) is 0 Å². The third kappa shape index (κ3) is 9.10. The van der Waals surface area contributed by atoms with Crippen LogP contribution in [-0.2, 0) is 25.7 Å². The topological polar surface area (TPSA) is 83.3 Å². The highest BCUT2D eigenvalue weighted by Crippen LogP contribution is 2.37. The number of ether oxygens (including phenoxy) is 1. The standard InChI is InChI=1S/C35H48FN3O4SSi2/c1-26-11-10-12-33(37-26)34-31(24-39(38-34)25-42-20-22-45(5,6)7)28-15-18-32(36)30(23-28)27-13-16-29(17-14-27)44(40,41)21-19-43-46(8,9)35(2,3)4/h10-18,23-24H,19-22,25H2,1-9H3. The maximum atomic E-state index is 15.3. The van der Waals surface area contributed by atoms with E-state index in [1.54, 1.807) is 41.1 Å². The summed E-state index contributed by atoms with van der Waals surface area (Å²) in [4.78, 5) is 4.89. The molecule has 0 saturated carbocycles. The molecule has 2 heterocycles. The lowest BCUT2D eigenvalue weighted by Crippen LogP contribution is -2.41. The van der Waals surface area contributed by atoms with Crippen molar-refractivity contribution in [2.24, 2.45) is 0 Å². The Bertz CT molecular complexity index is 1760. The minimum atomic E-state index is -3.57. The SMILES string of the molecule is Cc1cccc(-c2nn(COCC[Si](C)(C)C)cc2-c2ccc(F)c(-c3ccc(S(=O)(=O)CCO[Si](C)(C)C(C)(C)C)cc3)c2)n1. The van der Waals surface area contributed by atoms with Crippen LogP contribution >= 0.6 is 0 Å². The predicted octanol–water partition coefficient (Wildman–Crippen LogP) is 8.83. The number of nitrogens with zero attached hydrogens (tertiary/aromatic N) is 3. The largest absolute Gasteiger partial charge is 0.416 e. The fourth-order valence-corrected chi connectivity index (χ4v) is 7.64. The number of pyridine rings is 1. The number of hydrogen-bond acceptors (Lipinski definition) is 6. The second kappa shape index (κ2) is 14.0. The van der Waals surface area contributed by atoms with Crippen LogP contribution in [0.25, 0.3) is 33.6 Å². The molecule has 0 saturated heterocycles. The predicted molar refractivity (Wildman–Crippen MR) is 190 cm³/mol. The number of sulfone groups is 1. The molecule has 2 aromatic carbocycles. The second-order valence-electron chi connectivity index (χ2n) is 14.6. The van der Waals surface area contributed by atoms with Crippen LogP contribution < -0.4 is 0 Å². The van der Waals surface area contributed by atoms with Crippen LogP contribution in [0.15, 0.2) is 71.8 Å². The van der Waals surface area contributed by atoms with Crippen molar-refractivity contribution >= 4 is 26.2 Å². The number of aryl methyl sites for hydroxylation is 1. The van der Waals surface area contributed by atoms with Crippen LogP contribution in [0, 0.1) is 12.7 Å². The molecule has 0 bridgehead atoms. The van der Waals surface area contributed by atoms with Gasteiger partial charge in [-0.15, -0.1) is 0 Å². The Morgan fingerprint density at radius 3 is 2.20 bits per heavy atom. The quantitative estimate of drug-likeness (QED) is 0.104. The lowest BCUT2D eigenvalue weighted by Gasteiger charge is -2.36. The minimum Gasteiger partial charge on any atom is -0.416 e. The van der Waals surface area contributed by atoms with Crippen molar-refractivity contribution in [3.8, 4) is 33.6 Å². The lowest BCUT2D eigenvalue weighted by atomic mass is 9.98. The van der Waals surface area contributed by atoms with Gasteiger partial charge in [0.05, 0.1) is 16.3 Å². The number of rotatable bonds is 13. The smallest absolute Gasteiger partial charge is 0.192 e. The van der Waals surface area contributed by atoms with E-state index in [1.165, 1.54) is 6.07 Å². The summed E-state index contributed by atoms with van der Waals surface area (Å²) < 4.78 is 55.3. The van der Waals surface area contributed by atoms with Crippen molar-refractivity contribution in [3.63, 3.8) is 0 Å². The van der Waals surface area contributed by atoms with Crippen LogP contribution in [-0.4, -0.2) is 58.5 Å². The van der Waals surface area contributed by atoms with Gasteiger partial charge in [0.2, 0.25) is 0 Å². The van der Waals surface area contributed by atoms with Gasteiger partial charge in [0, 0.05) is 44.3 Å². The fraction of sp³-hybridized carbons (Fsp3) is 0.429. The molecule has 0 fully saturated rings. The lowest BCUT2D eigenvalue weighted by molar-refractivity contribution is 0.0787. The molecule has 4 aromatic rings. The van der Waals surface area contributed by atoms with E-state index in [0.29, 0.717) is 35.9 Å². The normalized spacial score (nSPS) is 12.9. The number of benzene rings is 2. The highest BCUT2D eigenvalue weighted by Gasteiger charge is 2.37. The van der Waals surface area contributed by atoms with E-state index in [2.05, 4.69) is 53.5 Å². The van der Waals surface area contributed by atoms with E-state index in [-0.39, 0.29) is 22.3 Å².